The number of hydrogen-bond donors (Lipinski definition) is 1. The van der Waals surface area contributed by atoms with Crippen molar-refractivity contribution < 1.29 is 8.78 Å². The van der Waals surface area contributed by atoms with Gasteiger partial charge in [-0.05, 0) is 65.5 Å². The molecule has 1 unspecified atom stereocenters. The maximum atomic E-state index is 14.3. The van der Waals surface area contributed by atoms with Gasteiger partial charge in [0.1, 0.15) is 11.6 Å². The molecule has 0 saturated carbocycles. The number of aryl methyl sites for hydroxylation is 2. The van der Waals surface area contributed by atoms with E-state index in [1.54, 1.807) is 6.92 Å². The number of hydrogen-bond acceptors (Lipinski definition) is 1. The second kappa shape index (κ2) is 5.26. The Labute approximate surface area is 125 Å². The van der Waals surface area contributed by atoms with E-state index in [1.165, 1.54) is 12.1 Å². The normalized spacial score (nSPS) is 14.2. The summed E-state index contributed by atoms with van der Waals surface area (Å²) in [5, 5.41) is 0. The molecule has 20 heavy (non-hydrogen) atoms. The summed E-state index contributed by atoms with van der Waals surface area (Å²) < 4.78 is 28.5. The molecule has 0 aliphatic carbocycles. The highest BCUT2D eigenvalue weighted by atomic mass is 79.9. The lowest BCUT2D eigenvalue weighted by atomic mass is 9.83. The highest BCUT2D eigenvalue weighted by Gasteiger charge is 2.31. The highest BCUT2D eigenvalue weighted by Crippen LogP contribution is 2.34. The van der Waals surface area contributed by atoms with Crippen LogP contribution in [0.1, 0.15) is 29.2 Å². The molecule has 0 aromatic heterocycles. The minimum absolute atomic E-state index is 0.130. The lowest BCUT2D eigenvalue weighted by Crippen LogP contribution is -2.36. The van der Waals surface area contributed by atoms with Crippen molar-refractivity contribution in [3.05, 3.63) is 68.7 Å². The molecule has 0 amide bonds. The smallest absolute Gasteiger partial charge is 0.145 e. The molecule has 106 valence electrons. The van der Waals surface area contributed by atoms with E-state index in [0.29, 0.717) is 5.56 Å². The van der Waals surface area contributed by atoms with E-state index in [4.69, 9.17) is 5.73 Å². The van der Waals surface area contributed by atoms with Gasteiger partial charge in [0.2, 0.25) is 0 Å². The van der Waals surface area contributed by atoms with E-state index >= 15 is 0 Å². The van der Waals surface area contributed by atoms with Crippen LogP contribution in [0.4, 0.5) is 8.78 Å². The Morgan fingerprint density at radius 3 is 2.30 bits per heavy atom. The first-order valence-corrected chi connectivity index (χ1v) is 7.05. The van der Waals surface area contributed by atoms with Crippen molar-refractivity contribution in [1.82, 2.24) is 0 Å². The van der Waals surface area contributed by atoms with Crippen molar-refractivity contribution in [1.29, 1.82) is 0 Å². The van der Waals surface area contributed by atoms with Gasteiger partial charge in [0.25, 0.3) is 0 Å². The average Bonchev–Trinajstić information content (AvgIpc) is 2.37. The third kappa shape index (κ3) is 2.50. The first-order valence-electron chi connectivity index (χ1n) is 6.25. The van der Waals surface area contributed by atoms with Gasteiger partial charge >= 0.3 is 0 Å². The van der Waals surface area contributed by atoms with E-state index in [0.717, 1.165) is 11.1 Å². The van der Waals surface area contributed by atoms with E-state index in [9.17, 15) is 8.78 Å². The summed E-state index contributed by atoms with van der Waals surface area (Å²) in [5.74, 6) is -1.30. The number of rotatable bonds is 2. The van der Waals surface area contributed by atoms with Crippen molar-refractivity contribution in [2.75, 3.05) is 0 Å². The van der Waals surface area contributed by atoms with Crippen LogP contribution in [0.5, 0.6) is 0 Å². The second-order valence-electron chi connectivity index (χ2n) is 5.22. The molecule has 2 aromatic carbocycles. The van der Waals surface area contributed by atoms with Crippen LogP contribution >= 0.6 is 15.9 Å². The first-order chi connectivity index (χ1) is 9.25. The van der Waals surface area contributed by atoms with E-state index in [-0.39, 0.29) is 10.0 Å². The van der Waals surface area contributed by atoms with Crippen molar-refractivity contribution in [2.45, 2.75) is 26.3 Å². The average molecular weight is 340 g/mol. The molecule has 0 heterocycles. The zero-order valence-electron chi connectivity index (χ0n) is 11.6. The molecule has 0 radical (unpaired) electrons. The fourth-order valence-electron chi connectivity index (χ4n) is 2.21. The molecule has 0 fully saturated rings. The molecule has 2 rings (SSSR count). The van der Waals surface area contributed by atoms with Gasteiger partial charge in [-0.25, -0.2) is 8.78 Å². The van der Waals surface area contributed by atoms with Gasteiger partial charge in [-0.2, -0.15) is 0 Å². The van der Waals surface area contributed by atoms with Crippen molar-refractivity contribution >= 4 is 15.9 Å². The number of halogens is 3. The topological polar surface area (TPSA) is 26.0 Å². The molecule has 2 aromatic rings. The standard InChI is InChI=1S/C16H16BrF2N/c1-9-4-5-11(8-10(9)2)16(3,20)14-13(18)7-6-12(17)15(14)19/h4-8H,20H2,1-3H3. The van der Waals surface area contributed by atoms with E-state index in [2.05, 4.69) is 15.9 Å². The summed E-state index contributed by atoms with van der Waals surface area (Å²) in [4.78, 5) is 0. The van der Waals surface area contributed by atoms with Gasteiger partial charge in [0.15, 0.2) is 0 Å². The largest absolute Gasteiger partial charge is 0.318 e. The number of benzene rings is 2. The monoisotopic (exact) mass is 339 g/mol. The van der Waals surface area contributed by atoms with Gasteiger partial charge in [-0.3, -0.25) is 0 Å². The first kappa shape index (κ1) is 15.1. The molecule has 2 N–H and O–H groups in total. The van der Waals surface area contributed by atoms with Crippen LogP contribution in [-0.4, -0.2) is 0 Å². The molecule has 4 heteroatoms. The minimum atomic E-state index is -1.24. The summed E-state index contributed by atoms with van der Waals surface area (Å²) in [6.45, 7) is 5.54. The Kier molecular flexibility index (Phi) is 3.98. The fourth-order valence-corrected chi connectivity index (χ4v) is 2.54. The Hall–Kier alpha value is -1.26. The molecule has 1 atom stereocenters. The Morgan fingerprint density at radius 1 is 1.05 bits per heavy atom. The predicted octanol–water partition coefficient (Wildman–Crippen LogP) is 4.57. The summed E-state index contributed by atoms with van der Waals surface area (Å²) in [6.07, 6.45) is 0. The number of nitrogens with two attached hydrogens (primary N) is 1. The maximum absolute atomic E-state index is 14.3. The third-order valence-corrected chi connectivity index (χ3v) is 4.28. The van der Waals surface area contributed by atoms with Gasteiger partial charge in [-0.15, -0.1) is 0 Å². The molecular weight excluding hydrogens is 324 g/mol. The fraction of sp³-hybridized carbons (Fsp3) is 0.250. The molecule has 0 saturated heterocycles. The van der Waals surface area contributed by atoms with Crippen LogP contribution in [0.25, 0.3) is 0 Å². The summed E-state index contributed by atoms with van der Waals surface area (Å²) in [5.41, 5.74) is 7.70. The SMILES string of the molecule is Cc1ccc(C(C)(N)c2c(F)ccc(Br)c2F)cc1C. The van der Waals surface area contributed by atoms with Crippen LogP contribution in [0.15, 0.2) is 34.8 Å². The van der Waals surface area contributed by atoms with E-state index < -0.39 is 17.2 Å². The van der Waals surface area contributed by atoms with Crippen LogP contribution < -0.4 is 5.73 Å². The zero-order chi connectivity index (χ0) is 15.1. The second-order valence-corrected chi connectivity index (χ2v) is 6.07. The maximum Gasteiger partial charge on any atom is 0.145 e. The van der Waals surface area contributed by atoms with Gasteiger partial charge in [-0.1, -0.05) is 18.2 Å². The van der Waals surface area contributed by atoms with Gasteiger partial charge in [0.05, 0.1) is 10.0 Å². The Morgan fingerprint density at radius 2 is 1.70 bits per heavy atom. The molecule has 0 aliphatic heterocycles. The van der Waals surface area contributed by atoms with Crippen LogP contribution in [-0.2, 0) is 5.54 Å². The molecule has 1 nitrogen and oxygen atoms in total. The third-order valence-electron chi connectivity index (χ3n) is 3.67. The van der Waals surface area contributed by atoms with Gasteiger partial charge < -0.3 is 5.73 Å². The summed E-state index contributed by atoms with van der Waals surface area (Å²) in [6, 6.07) is 8.14. The zero-order valence-corrected chi connectivity index (χ0v) is 13.2. The highest BCUT2D eigenvalue weighted by molar-refractivity contribution is 9.10. The molecular formula is C16H16BrF2N. The van der Waals surface area contributed by atoms with Gasteiger partial charge in [0, 0.05) is 5.56 Å². The lowest BCUT2D eigenvalue weighted by Gasteiger charge is -2.28. The van der Waals surface area contributed by atoms with E-state index in [1.807, 2.05) is 32.0 Å². The minimum Gasteiger partial charge on any atom is -0.318 e. The molecule has 0 aliphatic rings. The molecule has 0 spiro atoms. The van der Waals surface area contributed by atoms with Crippen molar-refractivity contribution in [3.8, 4) is 0 Å². The Bertz CT molecular complexity index is 666. The quantitative estimate of drug-likeness (QED) is 0.797. The predicted molar refractivity (Wildman–Crippen MR) is 80.6 cm³/mol. The summed E-state index contributed by atoms with van der Waals surface area (Å²) >= 11 is 3.07. The van der Waals surface area contributed by atoms with Crippen LogP contribution in [0, 0.1) is 25.5 Å². The summed E-state index contributed by atoms with van der Waals surface area (Å²) in [7, 11) is 0. The Balaban J connectivity index is 2.66. The van der Waals surface area contributed by atoms with Crippen molar-refractivity contribution in [2.24, 2.45) is 5.73 Å². The van der Waals surface area contributed by atoms with Crippen LogP contribution in [0.3, 0.4) is 0 Å². The van der Waals surface area contributed by atoms with Crippen molar-refractivity contribution in [3.63, 3.8) is 0 Å². The molecule has 0 bridgehead atoms. The lowest BCUT2D eigenvalue weighted by molar-refractivity contribution is 0.479. The van der Waals surface area contributed by atoms with Crippen LogP contribution in [0.2, 0.25) is 0 Å².